The topological polar surface area (TPSA) is 35.8 Å². The lowest BCUT2D eigenvalue weighted by molar-refractivity contribution is 0.709. The van der Waals surface area contributed by atoms with E-state index in [1.54, 1.807) is 11.8 Å². The molecule has 1 aliphatic rings. The molecule has 0 aliphatic carbocycles. The molecular formula is C18H17ClN2S. The van der Waals surface area contributed by atoms with E-state index in [4.69, 9.17) is 11.6 Å². The monoisotopic (exact) mass is 328 g/mol. The van der Waals surface area contributed by atoms with Crippen LogP contribution in [0.5, 0.6) is 0 Å². The van der Waals surface area contributed by atoms with Crippen molar-refractivity contribution in [2.75, 3.05) is 13.1 Å². The number of nitrogens with zero attached hydrogens (tertiary/aromatic N) is 1. The zero-order valence-electron chi connectivity index (χ0n) is 12.2. The van der Waals surface area contributed by atoms with Crippen LogP contribution in [0.25, 0.3) is 0 Å². The molecule has 3 rings (SSSR count). The van der Waals surface area contributed by atoms with Crippen LogP contribution in [-0.4, -0.2) is 13.1 Å². The average molecular weight is 329 g/mol. The van der Waals surface area contributed by atoms with E-state index >= 15 is 0 Å². The van der Waals surface area contributed by atoms with Crippen molar-refractivity contribution in [2.24, 2.45) is 0 Å². The van der Waals surface area contributed by atoms with Crippen LogP contribution in [0.4, 0.5) is 0 Å². The Labute approximate surface area is 140 Å². The summed E-state index contributed by atoms with van der Waals surface area (Å²) in [6.07, 6.45) is 2.06. The Bertz CT molecular complexity index is 722. The second-order valence-electron chi connectivity index (χ2n) is 5.32. The SMILES string of the molecule is N#Cc1ccccc1CSc1c(Cl)ccc2c1CCNCC2. The van der Waals surface area contributed by atoms with Crippen molar-refractivity contribution in [3.63, 3.8) is 0 Å². The molecule has 112 valence electrons. The molecule has 1 heterocycles. The van der Waals surface area contributed by atoms with E-state index in [9.17, 15) is 5.26 Å². The van der Waals surface area contributed by atoms with E-state index in [0.717, 1.165) is 47.8 Å². The van der Waals surface area contributed by atoms with E-state index in [1.165, 1.54) is 16.0 Å². The fraction of sp³-hybridized carbons (Fsp3) is 0.278. The first-order valence-corrected chi connectivity index (χ1v) is 8.77. The number of nitriles is 1. The first-order valence-electron chi connectivity index (χ1n) is 7.41. The van der Waals surface area contributed by atoms with Gasteiger partial charge in [-0.05, 0) is 54.8 Å². The van der Waals surface area contributed by atoms with Gasteiger partial charge in [0.1, 0.15) is 0 Å². The fourth-order valence-corrected chi connectivity index (χ4v) is 4.28. The number of thioether (sulfide) groups is 1. The number of nitrogens with one attached hydrogen (secondary N) is 1. The molecule has 0 amide bonds. The third-order valence-corrected chi connectivity index (χ3v) is 5.58. The summed E-state index contributed by atoms with van der Waals surface area (Å²) in [6, 6.07) is 14.2. The summed E-state index contributed by atoms with van der Waals surface area (Å²) in [5.74, 6) is 0.771. The molecule has 0 aromatic heterocycles. The van der Waals surface area contributed by atoms with Crippen LogP contribution in [0.3, 0.4) is 0 Å². The minimum absolute atomic E-state index is 0.745. The van der Waals surface area contributed by atoms with E-state index in [1.807, 2.05) is 30.3 Å². The number of benzene rings is 2. The van der Waals surface area contributed by atoms with E-state index < -0.39 is 0 Å². The average Bonchev–Trinajstić information content (AvgIpc) is 2.79. The predicted molar refractivity (Wildman–Crippen MR) is 92.4 cm³/mol. The van der Waals surface area contributed by atoms with Gasteiger partial charge in [-0.1, -0.05) is 35.9 Å². The fourth-order valence-electron chi connectivity index (χ4n) is 2.77. The largest absolute Gasteiger partial charge is 0.316 e. The van der Waals surface area contributed by atoms with Gasteiger partial charge in [0, 0.05) is 10.6 Å². The molecule has 2 nitrogen and oxygen atoms in total. The molecule has 0 radical (unpaired) electrons. The van der Waals surface area contributed by atoms with E-state index in [0.29, 0.717) is 0 Å². The Balaban J connectivity index is 1.88. The van der Waals surface area contributed by atoms with Crippen LogP contribution in [-0.2, 0) is 18.6 Å². The molecule has 1 N–H and O–H groups in total. The third-order valence-electron chi connectivity index (χ3n) is 3.94. The van der Waals surface area contributed by atoms with Gasteiger partial charge >= 0.3 is 0 Å². The Kier molecular flexibility index (Phi) is 5.04. The van der Waals surface area contributed by atoms with Gasteiger partial charge in [0.15, 0.2) is 0 Å². The molecule has 1 aliphatic heterocycles. The van der Waals surface area contributed by atoms with Crippen LogP contribution in [0.2, 0.25) is 5.02 Å². The van der Waals surface area contributed by atoms with Gasteiger partial charge in [-0.2, -0.15) is 5.26 Å². The molecule has 22 heavy (non-hydrogen) atoms. The van der Waals surface area contributed by atoms with Crippen LogP contribution >= 0.6 is 23.4 Å². The van der Waals surface area contributed by atoms with Gasteiger partial charge in [-0.3, -0.25) is 0 Å². The lowest BCUT2D eigenvalue weighted by Crippen LogP contribution is -2.16. The van der Waals surface area contributed by atoms with Gasteiger partial charge in [0.2, 0.25) is 0 Å². The number of hydrogen-bond donors (Lipinski definition) is 1. The Morgan fingerprint density at radius 2 is 1.95 bits per heavy atom. The lowest BCUT2D eigenvalue weighted by Gasteiger charge is -2.14. The molecular weight excluding hydrogens is 312 g/mol. The van der Waals surface area contributed by atoms with Crippen molar-refractivity contribution in [2.45, 2.75) is 23.5 Å². The Morgan fingerprint density at radius 3 is 2.82 bits per heavy atom. The number of halogens is 1. The summed E-state index contributed by atoms with van der Waals surface area (Å²) in [5.41, 5.74) is 4.58. The summed E-state index contributed by atoms with van der Waals surface area (Å²) in [7, 11) is 0. The molecule has 4 heteroatoms. The van der Waals surface area contributed by atoms with Crippen molar-refractivity contribution < 1.29 is 0 Å². The van der Waals surface area contributed by atoms with Crippen LogP contribution in [0, 0.1) is 11.3 Å². The number of fused-ring (bicyclic) bond motifs is 1. The molecule has 0 saturated heterocycles. The number of rotatable bonds is 3. The van der Waals surface area contributed by atoms with E-state index in [2.05, 4.69) is 17.5 Å². The highest BCUT2D eigenvalue weighted by Crippen LogP contribution is 2.36. The highest BCUT2D eigenvalue weighted by Gasteiger charge is 2.15. The first kappa shape index (κ1) is 15.4. The maximum atomic E-state index is 9.21. The lowest BCUT2D eigenvalue weighted by atomic mass is 10.0. The molecule has 0 saturated carbocycles. The van der Waals surface area contributed by atoms with Crippen molar-refractivity contribution >= 4 is 23.4 Å². The quantitative estimate of drug-likeness (QED) is 0.858. The highest BCUT2D eigenvalue weighted by atomic mass is 35.5. The standard InChI is InChI=1S/C18H17ClN2S/c19-17-6-5-13-7-9-21-10-8-16(13)18(17)22-12-15-4-2-1-3-14(15)11-20/h1-6,21H,7-10,12H2. The van der Waals surface area contributed by atoms with Gasteiger partial charge in [0.05, 0.1) is 16.7 Å². The van der Waals surface area contributed by atoms with Crippen molar-refractivity contribution in [1.82, 2.24) is 5.32 Å². The maximum absolute atomic E-state index is 9.21. The second-order valence-corrected chi connectivity index (χ2v) is 6.71. The zero-order valence-corrected chi connectivity index (χ0v) is 13.8. The third kappa shape index (κ3) is 3.30. The summed E-state index contributed by atoms with van der Waals surface area (Å²) < 4.78 is 0. The van der Waals surface area contributed by atoms with Crippen LogP contribution in [0.15, 0.2) is 41.3 Å². The van der Waals surface area contributed by atoms with E-state index in [-0.39, 0.29) is 0 Å². The molecule has 2 aromatic rings. The Hall–Kier alpha value is -1.47. The maximum Gasteiger partial charge on any atom is 0.0994 e. The van der Waals surface area contributed by atoms with Gasteiger partial charge in [-0.25, -0.2) is 0 Å². The summed E-state index contributed by atoms with van der Waals surface area (Å²) in [5, 5.41) is 13.5. The number of hydrogen-bond acceptors (Lipinski definition) is 3. The smallest absolute Gasteiger partial charge is 0.0994 e. The Morgan fingerprint density at radius 1 is 1.14 bits per heavy atom. The highest BCUT2D eigenvalue weighted by molar-refractivity contribution is 7.98. The molecule has 0 fully saturated rings. The van der Waals surface area contributed by atoms with Crippen molar-refractivity contribution in [3.8, 4) is 6.07 Å². The molecule has 0 unspecified atom stereocenters. The van der Waals surface area contributed by atoms with Gasteiger partial charge in [-0.15, -0.1) is 11.8 Å². The zero-order chi connectivity index (χ0) is 15.4. The van der Waals surface area contributed by atoms with Crippen molar-refractivity contribution in [3.05, 3.63) is 63.7 Å². The normalized spacial score (nSPS) is 14.0. The predicted octanol–water partition coefficient (Wildman–Crippen LogP) is 4.19. The molecule has 0 bridgehead atoms. The summed E-state index contributed by atoms with van der Waals surface area (Å²) >= 11 is 8.19. The second kappa shape index (κ2) is 7.19. The summed E-state index contributed by atoms with van der Waals surface area (Å²) in [4.78, 5) is 1.18. The van der Waals surface area contributed by atoms with Crippen LogP contribution in [0.1, 0.15) is 22.3 Å². The van der Waals surface area contributed by atoms with Crippen LogP contribution < -0.4 is 5.32 Å². The molecule has 0 spiro atoms. The minimum Gasteiger partial charge on any atom is -0.316 e. The summed E-state index contributed by atoms with van der Waals surface area (Å²) in [6.45, 7) is 2.02. The first-order chi connectivity index (χ1) is 10.8. The molecule has 0 atom stereocenters. The van der Waals surface area contributed by atoms with Gasteiger partial charge in [0.25, 0.3) is 0 Å². The van der Waals surface area contributed by atoms with Crippen molar-refractivity contribution in [1.29, 1.82) is 5.26 Å². The van der Waals surface area contributed by atoms with Gasteiger partial charge < -0.3 is 5.32 Å². The molecule has 2 aromatic carbocycles. The minimum atomic E-state index is 0.745.